The van der Waals surface area contributed by atoms with Crippen LogP contribution in [0.5, 0.6) is 5.88 Å². The maximum Gasteiger partial charge on any atom is 0.256 e. The first-order chi connectivity index (χ1) is 11.7. The Morgan fingerprint density at radius 1 is 1.29 bits per heavy atom. The second kappa shape index (κ2) is 5.76. The summed E-state index contributed by atoms with van der Waals surface area (Å²) in [5.41, 5.74) is 1.38. The molecule has 0 atom stereocenters. The van der Waals surface area contributed by atoms with E-state index >= 15 is 0 Å². The monoisotopic (exact) mass is 328 g/mol. The van der Waals surface area contributed by atoms with Crippen LogP contribution in [0.25, 0.3) is 5.65 Å². The Morgan fingerprint density at radius 2 is 2.21 bits per heavy atom. The zero-order valence-corrected chi connectivity index (χ0v) is 12.5. The molecule has 0 fully saturated rings. The first-order valence-corrected chi connectivity index (χ1v) is 7.34. The Morgan fingerprint density at radius 3 is 3.12 bits per heavy atom. The first kappa shape index (κ1) is 14.4. The number of hydrogen-bond acceptors (Lipinski definition) is 6. The standard InChI is InChI=1S/C15H13FN6O2/c16-10-5-9-6-18-12-1-3-22-13(21-12)11(8-20-22)14(23)17-2-4-24-15(9)19-7-10/h1,3,5,7-8H,2,4,6H2,(H,17,23)(H,18,21). The van der Waals surface area contributed by atoms with Gasteiger partial charge in [0, 0.05) is 18.3 Å². The van der Waals surface area contributed by atoms with E-state index in [0.29, 0.717) is 28.5 Å². The van der Waals surface area contributed by atoms with E-state index in [-0.39, 0.29) is 25.6 Å². The third-order valence-electron chi connectivity index (χ3n) is 3.59. The molecular formula is C15H13FN6O2. The number of nitrogens with zero attached hydrogens (tertiary/aromatic N) is 4. The fraction of sp³-hybridized carbons (Fsp3) is 0.200. The molecule has 8 nitrogen and oxygen atoms in total. The van der Waals surface area contributed by atoms with Crippen molar-refractivity contribution in [2.24, 2.45) is 0 Å². The molecule has 1 aliphatic rings. The van der Waals surface area contributed by atoms with E-state index in [1.54, 1.807) is 12.3 Å². The second-order valence-electron chi connectivity index (χ2n) is 5.21. The quantitative estimate of drug-likeness (QED) is 0.639. The minimum Gasteiger partial charge on any atom is -0.476 e. The van der Waals surface area contributed by atoms with Gasteiger partial charge in [0.1, 0.15) is 23.8 Å². The van der Waals surface area contributed by atoms with Gasteiger partial charge in [0.25, 0.3) is 5.91 Å². The highest BCUT2D eigenvalue weighted by Crippen LogP contribution is 2.19. The third kappa shape index (κ3) is 2.60. The number of rotatable bonds is 0. The van der Waals surface area contributed by atoms with E-state index < -0.39 is 5.82 Å². The predicted molar refractivity (Wildman–Crippen MR) is 82.3 cm³/mol. The molecular weight excluding hydrogens is 315 g/mol. The summed E-state index contributed by atoms with van der Waals surface area (Å²) in [4.78, 5) is 20.6. The zero-order valence-electron chi connectivity index (χ0n) is 12.5. The van der Waals surface area contributed by atoms with E-state index in [0.717, 1.165) is 6.20 Å². The number of ether oxygens (including phenoxy) is 1. The maximum absolute atomic E-state index is 13.5. The Kier molecular flexibility index (Phi) is 3.45. The Hall–Kier alpha value is -3.23. The normalized spacial score (nSPS) is 14.6. The number of anilines is 1. The average Bonchev–Trinajstić information content (AvgIpc) is 3.00. The number of pyridine rings is 1. The SMILES string of the molecule is O=C1NCCOc2ncc(F)cc2CNc2ccn3ncc1c3n2. The zero-order chi connectivity index (χ0) is 16.5. The molecule has 0 aromatic carbocycles. The number of carbonyl (C=O) groups excluding carboxylic acids is 1. The molecule has 0 saturated carbocycles. The molecule has 0 saturated heterocycles. The summed E-state index contributed by atoms with van der Waals surface area (Å²) in [6, 6.07) is 3.07. The van der Waals surface area contributed by atoms with Gasteiger partial charge in [-0.3, -0.25) is 4.79 Å². The van der Waals surface area contributed by atoms with Gasteiger partial charge in [-0.1, -0.05) is 0 Å². The molecule has 4 heterocycles. The summed E-state index contributed by atoms with van der Waals surface area (Å²) in [6.07, 6.45) is 4.26. The van der Waals surface area contributed by atoms with Crippen molar-refractivity contribution in [2.45, 2.75) is 6.54 Å². The molecule has 1 aliphatic heterocycles. The third-order valence-corrected chi connectivity index (χ3v) is 3.59. The van der Waals surface area contributed by atoms with Crippen molar-refractivity contribution < 1.29 is 13.9 Å². The topological polar surface area (TPSA) is 93.4 Å². The lowest BCUT2D eigenvalue weighted by Crippen LogP contribution is -2.28. The molecule has 3 aromatic rings. The van der Waals surface area contributed by atoms with Crippen molar-refractivity contribution in [2.75, 3.05) is 18.5 Å². The molecule has 0 aliphatic carbocycles. The average molecular weight is 328 g/mol. The van der Waals surface area contributed by atoms with Gasteiger partial charge in [0.15, 0.2) is 5.65 Å². The van der Waals surface area contributed by atoms with E-state index in [4.69, 9.17) is 4.74 Å². The fourth-order valence-corrected chi connectivity index (χ4v) is 2.45. The van der Waals surface area contributed by atoms with Crippen molar-refractivity contribution in [1.29, 1.82) is 0 Å². The largest absolute Gasteiger partial charge is 0.476 e. The first-order valence-electron chi connectivity index (χ1n) is 7.34. The van der Waals surface area contributed by atoms with Crippen LogP contribution >= 0.6 is 0 Å². The van der Waals surface area contributed by atoms with Crippen LogP contribution in [0.4, 0.5) is 10.2 Å². The van der Waals surface area contributed by atoms with Crippen LogP contribution in [0, 0.1) is 5.82 Å². The lowest BCUT2D eigenvalue weighted by Gasteiger charge is -2.11. The minimum absolute atomic E-state index is 0.215. The van der Waals surface area contributed by atoms with Gasteiger partial charge < -0.3 is 15.4 Å². The van der Waals surface area contributed by atoms with Crippen molar-refractivity contribution in [3.8, 4) is 5.88 Å². The highest BCUT2D eigenvalue weighted by Gasteiger charge is 2.16. The van der Waals surface area contributed by atoms with Gasteiger partial charge >= 0.3 is 0 Å². The van der Waals surface area contributed by atoms with Gasteiger partial charge in [-0.25, -0.2) is 18.9 Å². The number of halogens is 1. The molecule has 2 N–H and O–H groups in total. The van der Waals surface area contributed by atoms with E-state index in [9.17, 15) is 9.18 Å². The molecule has 2 bridgehead atoms. The summed E-state index contributed by atoms with van der Waals surface area (Å²) >= 11 is 0. The highest BCUT2D eigenvalue weighted by molar-refractivity contribution is 5.99. The molecule has 3 aromatic heterocycles. The van der Waals surface area contributed by atoms with Gasteiger partial charge in [0.05, 0.1) is 18.9 Å². The fourth-order valence-electron chi connectivity index (χ4n) is 2.45. The molecule has 0 radical (unpaired) electrons. The second-order valence-corrected chi connectivity index (χ2v) is 5.21. The summed E-state index contributed by atoms with van der Waals surface area (Å²) in [5, 5.41) is 9.93. The van der Waals surface area contributed by atoms with Crippen molar-refractivity contribution >= 4 is 17.4 Å². The smallest absolute Gasteiger partial charge is 0.256 e. The van der Waals surface area contributed by atoms with Crippen molar-refractivity contribution in [1.82, 2.24) is 24.9 Å². The Bertz CT molecular complexity index is 925. The minimum atomic E-state index is -0.446. The summed E-state index contributed by atoms with van der Waals surface area (Å²) in [7, 11) is 0. The van der Waals surface area contributed by atoms with Crippen LogP contribution < -0.4 is 15.4 Å². The van der Waals surface area contributed by atoms with E-state index in [2.05, 4.69) is 25.7 Å². The number of fused-ring (bicyclic) bond motifs is 2. The lowest BCUT2D eigenvalue weighted by atomic mass is 10.2. The molecule has 1 amide bonds. The van der Waals surface area contributed by atoms with E-state index in [1.165, 1.54) is 16.8 Å². The Labute approximate surface area is 135 Å². The number of carbonyl (C=O) groups is 1. The molecule has 24 heavy (non-hydrogen) atoms. The number of amides is 1. The summed E-state index contributed by atoms with van der Waals surface area (Å²) in [5.74, 6) is 0.121. The van der Waals surface area contributed by atoms with Crippen LogP contribution in [0.1, 0.15) is 15.9 Å². The molecule has 9 heteroatoms. The summed E-state index contributed by atoms with van der Waals surface area (Å²) in [6.45, 7) is 0.780. The van der Waals surface area contributed by atoms with Gasteiger partial charge in [-0.2, -0.15) is 5.10 Å². The summed E-state index contributed by atoms with van der Waals surface area (Å²) < 4.78 is 20.5. The molecule has 122 valence electrons. The van der Waals surface area contributed by atoms with Gasteiger partial charge in [-0.15, -0.1) is 0 Å². The van der Waals surface area contributed by atoms with Crippen LogP contribution in [-0.4, -0.2) is 38.6 Å². The van der Waals surface area contributed by atoms with Crippen LogP contribution in [-0.2, 0) is 6.54 Å². The van der Waals surface area contributed by atoms with Gasteiger partial charge in [0.2, 0.25) is 5.88 Å². The molecule has 0 unspecified atom stereocenters. The predicted octanol–water partition coefficient (Wildman–Crippen LogP) is 0.998. The van der Waals surface area contributed by atoms with E-state index in [1.807, 2.05) is 0 Å². The van der Waals surface area contributed by atoms with Crippen molar-refractivity contribution in [3.05, 3.63) is 47.7 Å². The number of hydrogen-bond donors (Lipinski definition) is 2. The molecule has 0 spiro atoms. The van der Waals surface area contributed by atoms with Crippen LogP contribution in [0.3, 0.4) is 0 Å². The lowest BCUT2D eigenvalue weighted by molar-refractivity contribution is 0.0948. The van der Waals surface area contributed by atoms with Crippen molar-refractivity contribution in [3.63, 3.8) is 0 Å². The maximum atomic E-state index is 13.5. The highest BCUT2D eigenvalue weighted by atomic mass is 19.1. The Balaban J connectivity index is 1.75. The number of nitrogens with one attached hydrogen (secondary N) is 2. The van der Waals surface area contributed by atoms with Crippen LogP contribution in [0.15, 0.2) is 30.7 Å². The van der Waals surface area contributed by atoms with Gasteiger partial charge in [-0.05, 0) is 12.1 Å². The molecule has 4 rings (SSSR count). The van der Waals surface area contributed by atoms with Crippen LogP contribution in [0.2, 0.25) is 0 Å². The number of aromatic nitrogens is 4.